The third-order valence-electron chi connectivity index (χ3n) is 3.20. The quantitative estimate of drug-likeness (QED) is 0.911. The van der Waals surface area contributed by atoms with E-state index in [4.69, 9.17) is 0 Å². The molecule has 0 spiro atoms. The van der Waals surface area contributed by atoms with Crippen molar-refractivity contribution in [2.75, 3.05) is 0 Å². The van der Waals surface area contributed by atoms with Crippen LogP contribution in [0.5, 0.6) is 0 Å². The molecule has 0 fully saturated rings. The van der Waals surface area contributed by atoms with Crippen LogP contribution in [0.1, 0.15) is 24.0 Å². The Morgan fingerprint density at radius 2 is 2.37 bits per heavy atom. The fourth-order valence-electron chi connectivity index (χ4n) is 2.19. The maximum atomic E-state index is 11.3. The molecule has 1 unspecified atom stereocenters. The highest BCUT2D eigenvalue weighted by Crippen LogP contribution is 2.25. The van der Waals surface area contributed by atoms with Gasteiger partial charge in [0.1, 0.15) is 5.82 Å². The maximum Gasteiger partial charge on any atom is 0.240 e. The molecule has 0 aromatic carbocycles. The van der Waals surface area contributed by atoms with Crippen molar-refractivity contribution >= 4 is 23.0 Å². The number of nitrogens with one attached hydrogen (secondary N) is 1. The molecule has 1 aliphatic heterocycles. The molecule has 0 bridgehead atoms. The van der Waals surface area contributed by atoms with Gasteiger partial charge in [0.15, 0.2) is 0 Å². The van der Waals surface area contributed by atoms with Crippen LogP contribution in [0.4, 0.5) is 0 Å². The van der Waals surface area contributed by atoms with E-state index >= 15 is 0 Å². The first kappa shape index (κ1) is 12.1. The monoisotopic (exact) mass is 274 g/mol. The van der Waals surface area contributed by atoms with Gasteiger partial charge in [-0.1, -0.05) is 6.92 Å². The molecule has 0 saturated carbocycles. The summed E-state index contributed by atoms with van der Waals surface area (Å²) in [6.07, 6.45) is 4.22. The van der Waals surface area contributed by atoms with Crippen molar-refractivity contribution in [3.63, 3.8) is 0 Å². The first-order valence-corrected chi connectivity index (χ1v) is 6.99. The van der Waals surface area contributed by atoms with Crippen molar-refractivity contribution in [1.82, 2.24) is 15.0 Å². The van der Waals surface area contributed by atoms with Crippen LogP contribution in [0, 0.1) is 12.8 Å². The van der Waals surface area contributed by atoms with Gasteiger partial charge in [-0.05, 0) is 13.0 Å². The molecule has 0 saturated heterocycles. The number of imidazole rings is 1. The van der Waals surface area contributed by atoms with E-state index in [1.54, 1.807) is 17.5 Å². The Hall–Kier alpha value is -1.95. The zero-order valence-corrected chi connectivity index (χ0v) is 11.6. The molecule has 19 heavy (non-hydrogen) atoms. The number of hydrazone groups is 1. The zero-order valence-electron chi connectivity index (χ0n) is 10.8. The lowest BCUT2D eigenvalue weighted by Crippen LogP contribution is -2.31. The number of amides is 1. The minimum Gasteiger partial charge on any atom is -0.303 e. The second kappa shape index (κ2) is 4.62. The van der Waals surface area contributed by atoms with Crippen molar-refractivity contribution in [2.24, 2.45) is 11.0 Å². The van der Waals surface area contributed by atoms with Crippen LogP contribution in [0.15, 0.2) is 28.9 Å². The Morgan fingerprint density at radius 3 is 3.05 bits per heavy atom. The van der Waals surface area contributed by atoms with Gasteiger partial charge in [-0.15, -0.1) is 11.3 Å². The highest BCUT2D eigenvalue weighted by molar-refractivity contribution is 7.12. The van der Waals surface area contributed by atoms with Crippen LogP contribution >= 0.6 is 11.3 Å². The second-order valence-corrected chi connectivity index (χ2v) is 5.56. The molecule has 98 valence electrons. The summed E-state index contributed by atoms with van der Waals surface area (Å²) in [6, 6.07) is 2.09. The molecule has 6 heteroatoms. The number of aromatic nitrogens is 2. The number of hydrogen-bond acceptors (Lipinski definition) is 4. The molecule has 1 amide bonds. The Morgan fingerprint density at radius 1 is 1.53 bits per heavy atom. The van der Waals surface area contributed by atoms with Gasteiger partial charge in [-0.3, -0.25) is 4.79 Å². The fourth-order valence-corrected chi connectivity index (χ4v) is 3.17. The van der Waals surface area contributed by atoms with Crippen LogP contribution in [0.3, 0.4) is 0 Å². The molecule has 5 nitrogen and oxygen atoms in total. The summed E-state index contributed by atoms with van der Waals surface area (Å²) in [4.78, 5) is 16.6. The van der Waals surface area contributed by atoms with E-state index in [1.807, 2.05) is 24.6 Å². The molecule has 0 aliphatic carbocycles. The number of nitrogens with zero attached hydrogens (tertiary/aromatic N) is 3. The molecule has 3 rings (SSSR count). The third kappa shape index (κ3) is 2.19. The topological polar surface area (TPSA) is 59.3 Å². The van der Waals surface area contributed by atoms with Crippen molar-refractivity contribution < 1.29 is 4.79 Å². The van der Waals surface area contributed by atoms with E-state index in [1.165, 1.54) is 0 Å². The van der Waals surface area contributed by atoms with Crippen LogP contribution in [-0.2, 0) is 4.79 Å². The van der Waals surface area contributed by atoms with E-state index in [0.717, 1.165) is 22.1 Å². The van der Waals surface area contributed by atoms with Gasteiger partial charge in [-0.2, -0.15) is 5.10 Å². The molecule has 1 atom stereocenters. The predicted molar refractivity (Wildman–Crippen MR) is 74.6 cm³/mol. The summed E-state index contributed by atoms with van der Waals surface area (Å²) in [6.45, 7) is 4.00. The Balaban J connectivity index is 1.94. The minimum absolute atomic E-state index is 0.0153. The van der Waals surface area contributed by atoms with Crippen molar-refractivity contribution in [2.45, 2.75) is 20.3 Å². The van der Waals surface area contributed by atoms with Gasteiger partial charge >= 0.3 is 0 Å². The predicted octanol–water partition coefficient (Wildman–Crippen LogP) is 2.10. The zero-order chi connectivity index (χ0) is 13.4. The average Bonchev–Trinajstić information content (AvgIpc) is 2.97. The van der Waals surface area contributed by atoms with Gasteiger partial charge in [0.25, 0.3) is 0 Å². The average molecular weight is 274 g/mol. The van der Waals surface area contributed by atoms with Crippen LogP contribution in [-0.4, -0.2) is 21.2 Å². The van der Waals surface area contributed by atoms with Crippen LogP contribution in [0.25, 0.3) is 5.69 Å². The fraction of sp³-hybridized carbons (Fsp3) is 0.308. The molecule has 1 aliphatic rings. The summed E-state index contributed by atoms with van der Waals surface area (Å²) >= 11 is 1.64. The van der Waals surface area contributed by atoms with E-state index in [-0.39, 0.29) is 11.8 Å². The van der Waals surface area contributed by atoms with Crippen LogP contribution in [0.2, 0.25) is 0 Å². The van der Waals surface area contributed by atoms with Gasteiger partial charge in [0.05, 0.1) is 16.3 Å². The first-order valence-electron chi connectivity index (χ1n) is 6.11. The lowest BCUT2D eigenvalue weighted by Gasteiger charge is -2.17. The van der Waals surface area contributed by atoms with Gasteiger partial charge in [-0.25, -0.2) is 10.4 Å². The summed E-state index contributed by atoms with van der Waals surface area (Å²) in [5.41, 5.74) is 4.59. The van der Waals surface area contributed by atoms with Crippen molar-refractivity contribution in [1.29, 1.82) is 0 Å². The Labute approximate surface area is 115 Å². The molecule has 0 radical (unpaired) electrons. The number of hydrogen-bond donors (Lipinski definition) is 1. The molecule has 3 heterocycles. The highest BCUT2D eigenvalue weighted by Gasteiger charge is 2.22. The van der Waals surface area contributed by atoms with Crippen LogP contribution < -0.4 is 5.43 Å². The van der Waals surface area contributed by atoms with E-state index < -0.39 is 0 Å². The number of carbonyl (C=O) groups excluding carboxylic acids is 1. The third-order valence-corrected chi connectivity index (χ3v) is 4.14. The molecule has 2 aromatic rings. The Bertz CT molecular complexity index is 655. The summed E-state index contributed by atoms with van der Waals surface area (Å²) in [5, 5.41) is 6.26. The number of carbonyl (C=O) groups is 1. The summed E-state index contributed by atoms with van der Waals surface area (Å²) < 4.78 is 2.03. The van der Waals surface area contributed by atoms with E-state index in [0.29, 0.717) is 6.42 Å². The van der Waals surface area contributed by atoms with E-state index in [9.17, 15) is 4.79 Å². The molecule has 1 N–H and O–H groups in total. The lowest BCUT2D eigenvalue weighted by atomic mass is 9.99. The minimum atomic E-state index is -0.0153. The number of thiophene rings is 1. The van der Waals surface area contributed by atoms with E-state index in [2.05, 4.69) is 27.0 Å². The first-order chi connectivity index (χ1) is 9.15. The van der Waals surface area contributed by atoms with Crippen molar-refractivity contribution in [3.05, 3.63) is 34.5 Å². The number of aryl methyl sites for hydroxylation is 1. The highest BCUT2D eigenvalue weighted by atomic mass is 32.1. The SMILES string of the molecule is Cc1nccn1-c1csc(C2=NNC(=O)CC2C)c1. The van der Waals surface area contributed by atoms with Gasteiger partial charge in [0.2, 0.25) is 5.91 Å². The smallest absolute Gasteiger partial charge is 0.240 e. The maximum absolute atomic E-state index is 11.3. The van der Waals surface area contributed by atoms with Gasteiger partial charge in [0, 0.05) is 30.1 Å². The molecular formula is C13H14N4OS. The second-order valence-electron chi connectivity index (χ2n) is 4.65. The Kier molecular flexibility index (Phi) is 2.94. The van der Waals surface area contributed by atoms with Gasteiger partial charge < -0.3 is 4.57 Å². The molecule has 2 aromatic heterocycles. The largest absolute Gasteiger partial charge is 0.303 e. The summed E-state index contributed by atoms with van der Waals surface area (Å²) in [5.74, 6) is 1.10. The normalized spacial score (nSPS) is 19.2. The lowest BCUT2D eigenvalue weighted by molar-refractivity contribution is -0.121. The summed E-state index contributed by atoms with van der Waals surface area (Å²) in [7, 11) is 0. The van der Waals surface area contributed by atoms with Crippen molar-refractivity contribution in [3.8, 4) is 5.69 Å². The number of rotatable bonds is 2. The standard InChI is InChI=1S/C13H14N4OS/c1-8-5-12(18)15-16-13(8)11-6-10(7-19-11)17-4-3-14-9(17)2/h3-4,6-8H,5H2,1-2H3,(H,15,18). The molecular weight excluding hydrogens is 260 g/mol.